The van der Waals surface area contributed by atoms with Crippen molar-refractivity contribution in [3.8, 4) is 0 Å². The maximum Gasteiger partial charge on any atom is 0.326 e. The summed E-state index contributed by atoms with van der Waals surface area (Å²) in [6, 6.07) is -5.15. The van der Waals surface area contributed by atoms with E-state index in [2.05, 4.69) is 21.3 Å². The Bertz CT molecular complexity index is 833. The molecule has 4 amide bonds. The van der Waals surface area contributed by atoms with Crippen molar-refractivity contribution in [2.45, 2.75) is 76.2 Å². The number of carbonyl (C=O) groups is 7. The van der Waals surface area contributed by atoms with Crippen molar-refractivity contribution in [3.05, 3.63) is 0 Å². The first-order chi connectivity index (χ1) is 16.6. The van der Waals surface area contributed by atoms with E-state index in [1.807, 2.05) is 0 Å². The van der Waals surface area contributed by atoms with Crippen LogP contribution in [0.2, 0.25) is 0 Å². The highest BCUT2D eigenvalue weighted by Gasteiger charge is 2.27. The predicted octanol–water partition coefficient (Wildman–Crippen LogP) is -3.51. The van der Waals surface area contributed by atoms with Gasteiger partial charge in [-0.05, 0) is 39.5 Å². The minimum Gasteiger partial charge on any atom is -0.480 e. The first-order valence-corrected chi connectivity index (χ1v) is 10.9. The average molecular weight is 520 g/mol. The second-order valence-corrected chi connectivity index (χ2v) is 7.95. The molecule has 36 heavy (non-hydrogen) atoms. The Hall–Kier alpha value is -3.79. The molecule has 0 aliphatic heterocycles. The summed E-state index contributed by atoms with van der Waals surface area (Å²) in [4.78, 5) is 81.2. The Kier molecular flexibility index (Phi) is 14.3. The van der Waals surface area contributed by atoms with Crippen molar-refractivity contribution in [1.29, 1.82) is 0 Å². The third-order valence-electron chi connectivity index (χ3n) is 4.80. The highest BCUT2D eigenvalue weighted by molar-refractivity contribution is 5.92. The number of aliphatic hydroxyl groups excluding tert-OH is 1. The van der Waals surface area contributed by atoms with Gasteiger partial charge in [0.15, 0.2) is 0 Å². The van der Waals surface area contributed by atoms with E-state index in [4.69, 9.17) is 15.9 Å². The molecule has 0 fully saturated rings. The standard InChI is InChI=1S/C20H33N5O11/c1-9(23-17(31)10(2)26)16(30)25-13(20(35)36)6-7-14(27)24-12(18(32)22-8-15(28)29)5-3-4-11(21)19(33)34/h9-13,26H,3-8,21H2,1-2H3,(H,22,32)(H,23,31)(H,24,27)(H,25,30)(H,28,29)(H,33,34)(H,35,36)/t9-,10+,11+,12+,13+/m0/s1. The number of carboxylic acids is 3. The largest absolute Gasteiger partial charge is 0.480 e. The lowest BCUT2D eigenvalue weighted by Gasteiger charge is -2.21. The van der Waals surface area contributed by atoms with Crippen LogP contribution in [0.25, 0.3) is 0 Å². The van der Waals surface area contributed by atoms with E-state index in [9.17, 15) is 43.8 Å². The lowest BCUT2D eigenvalue weighted by molar-refractivity contribution is -0.143. The number of rotatable bonds is 17. The van der Waals surface area contributed by atoms with Gasteiger partial charge in [0, 0.05) is 6.42 Å². The molecule has 0 aromatic heterocycles. The smallest absolute Gasteiger partial charge is 0.326 e. The highest BCUT2D eigenvalue weighted by Crippen LogP contribution is 2.06. The number of hydrogen-bond donors (Lipinski definition) is 9. The minimum absolute atomic E-state index is 0.0230. The zero-order valence-corrected chi connectivity index (χ0v) is 19.9. The summed E-state index contributed by atoms with van der Waals surface area (Å²) in [7, 11) is 0. The molecule has 0 aromatic carbocycles. The van der Waals surface area contributed by atoms with Crippen LogP contribution < -0.4 is 27.0 Å². The molecule has 16 heteroatoms. The molecule has 0 heterocycles. The van der Waals surface area contributed by atoms with Gasteiger partial charge in [0.2, 0.25) is 23.6 Å². The second-order valence-electron chi connectivity index (χ2n) is 7.95. The Labute approximate surface area is 206 Å². The molecular formula is C20H33N5O11. The number of hydrogen-bond acceptors (Lipinski definition) is 9. The van der Waals surface area contributed by atoms with E-state index in [1.54, 1.807) is 0 Å². The first kappa shape index (κ1) is 32.2. The van der Waals surface area contributed by atoms with Gasteiger partial charge >= 0.3 is 17.9 Å². The molecule has 0 bridgehead atoms. The van der Waals surface area contributed by atoms with Gasteiger partial charge in [0.1, 0.15) is 36.8 Å². The molecule has 0 aliphatic carbocycles. The summed E-state index contributed by atoms with van der Waals surface area (Å²) in [5.74, 6) is -7.42. The molecule has 0 spiro atoms. The summed E-state index contributed by atoms with van der Waals surface area (Å²) in [6.45, 7) is 1.71. The van der Waals surface area contributed by atoms with E-state index in [0.717, 1.165) is 0 Å². The van der Waals surface area contributed by atoms with Crippen molar-refractivity contribution < 1.29 is 54.0 Å². The van der Waals surface area contributed by atoms with E-state index >= 15 is 0 Å². The molecule has 0 radical (unpaired) electrons. The van der Waals surface area contributed by atoms with Gasteiger partial charge in [-0.25, -0.2) is 4.79 Å². The van der Waals surface area contributed by atoms with Crippen LogP contribution in [0, 0.1) is 0 Å². The number of aliphatic hydroxyl groups is 1. The molecule has 10 N–H and O–H groups in total. The molecule has 204 valence electrons. The number of carbonyl (C=O) groups excluding carboxylic acids is 4. The molecule has 16 nitrogen and oxygen atoms in total. The SMILES string of the molecule is C[C@H](NC(=O)[C@@H](C)O)C(=O)N[C@H](CCC(=O)N[C@H](CCC[C@@H](N)C(=O)O)C(=O)NCC(=O)O)C(=O)O. The fourth-order valence-electron chi connectivity index (χ4n) is 2.72. The van der Waals surface area contributed by atoms with E-state index in [-0.39, 0.29) is 19.3 Å². The van der Waals surface area contributed by atoms with Crippen LogP contribution in [-0.4, -0.2) is 98.8 Å². The van der Waals surface area contributed by atoms with Crippen molar-refractivity contribution >= 4 is 41.5 Å². The Morgan fingerprint density at radius 1 is 0.750 bits per heavy atom. The molecule has 5 atom stereocenters. The zero-order chi connectivity index (χ0) is 28.0. The quantitative estimate of drug-likeness (QED) is 0.0905. The average Bonchev–Trinajstić information content (AvgIpc) is 2.78. The number of nitrogens with one attached hydrogen (secondary N) is 4. The number of carboxylic acid groups (broad SMARTS) is 3. The van der Waals surface area contributed by atoms with Gasteiger partial charge in [-0.3, -0.25) is 28.8 Å². The van der Waals surface area contributed by atoms with Crippen LogP contribution in [0.5, 0.6) is 0 Å². The van der Waals surface area contributed by atoms with Crippen molar-refractivity contribution in [1.82, 2.24) is 21.3 Å². The third kappa shape index (κ3) is 13.2. The summed E-state index contributed by atoms with van der Waals surface area (Å²) >= 11 is 0. The Morgan fingerprint density at radius 3 is 1.86 bits per heavy atom. The van der Waals surface area contributed by atoms with Crippen LogP contribution in [0.15, 0.2) is 0 Å². The topological polar surface area (TPSA) is 275 Å². The first-order valence-electron chi connectivity index (χ1n) is 10.9. The number of amides is 4. The number of aliphatic carboxylic acids is 3. The summed E-state index contributed by atoms with van der Waals surface area (Å²) in [5, 5.41) is 44.8. The van der Waals surface area contributed by atoms with Crippen LogP contribution >= 0.6 is 0 Å². The molecule has 0 aliphatic rings. The van der Waals surface area contributed by atoms with E-state index in [0.29, 0.717) is 0 Å². The Balaban J connectivity index is 5.04. The van der Waals surface area contributed by atoms with Crippen LogP contribution in [0.1, 0.15) is 46.0 Å². The molecule has 0 saturated heterocycles. The fourth-order valence-corrected chi connectivity index (χ4v) is 2.72. The van der Waals surface area contributed by atoms with Crippen molar-refractivity contribution in [2.75, 3.05) is 6.54 Å². The maximum atomic E-state index is 12.4. The second kappa shape index (κ2) is 16.0. The minimum atomic E-state index is -1.53. The van der Waals surface area contributed by atoms with Gasteiger partial charge in [0.05, 0.1) is 0 Å². The predicted molar refractivity (Wildman–Crippen MR) is 120 cm³/mol. The lowest BCUT2D eigenvalue weighted by Crippen LogP contribution is -2.52. The molecule has 0 aromatic rings. The maximum absolute atomic E-state index is 12.4. The third-order valence-corrected chi connectivity index (χ3v) is 4.80. The van der Waals surface area contributed by atoms with E-state index in [1.165, 1.54) is 13.8 Å². The summed E-state index contributed by atoms with van der Waals surface area (Å²) in [6.07, 6.45) is -2.23. The van der Waals surface area contributed by atoms with E-state index < -0.39 is 91.2 Å². The number of nitrogens with two attached hydrogens (primary N) is 1. The van der Waals surface area contributed by atoms with Gasteiger partial charge in [-0.2, -0.15) is 0 Å². The molecule has 0 rings (SSSR count). The van der Waals surface area contributed by atoms with Crippen LogP contribution in [0.4, 0.5) is 0 Å². The van der Waals surface area contributed by atoms with Gasteiger partial charge in [-0.15, -0.1) is 0 Å². The summed E-state index contributed by atoms with van der Waals surface area (Å²) in [5.41, 5.74) is 5.40. The van der Waals surface area contributed by atoms with Crippen molar-refractivity contribution in [3.63, 3.8) is 0 Å². The molecule has 0 unspecified atom stereocenters. The molecule has 0 saturated carbocycles. The summed E-state index contributed by atoms with van der Waals surface area (Å²) < 4.78 is 0. The van der Waals surface area contributed by atoms with Gasteiger partial charge < -0.3 is 47.4 Å². The van der Waals surface area contributed by atoms with Gasteiger partial charge in [-0.1, -0.05) is 0 Å². The lowest BCUT2D eigenvalue weighted by atomic mass is 10.0. The zero-order valence-electron chi connectivity index (χ0n) is 19.9. The van der Waals surface area contributed by atoms with Crippen LogP contribution in [0.3, 0.4) is 0 Å². The Morgan fingerprint density at radius 2 is 1.36 bits per heavy atom. The normalized spacial score (nSPS) is 14.8. The monoisotopic (exact) mass is 519 g/mol. The molecular weight excluding hydrogens is 486 g/mol. The highest BCUT2D eigenvalue weighted by atomic mass is 16.4. The van der Waals surface area contributed by atoms with Crippen molar-refractivity contribution in [2.24, 2.45) is 5.73 Å². The fraction of sp³-hybridized carbons (Fsp3) is 0.650. The van der Waals surface area contributed by atoms with Crippen LogP contribution in [-0.2, 0) is 33.6 Å². The van der Waals surface area contributed by atoms with Gasteiger partial charge in [0.25, 0.3) is 0 Å².